The first-order chi connectivity index (χ1) is 11.7. The second kappa shape index (κ2) is 8.15. The summed E-state index contributed by atoms with van der Waals surface area (Å²) < 4.78 is 5.88. The van der Waals surface area contributed by atoms with Gasteiger partial charge in [0.15, 0.2) is 0 Å². The molecule has 0 bridgehead atoms. The van der Waals surface area contributed by atoms with E-state index in [-0.39, 0.29) is 5.91 Å². The highest BCUT2D eigenvalue weighted by Gasteiger charge is 2.19. The summed E-state index contributed by atoms with van der Waals surface area (Å²) in [5.41, 5.74) is 5.89. The lowest BCUT2D eigenvalue weighted by Gasteiger charge is -2.26. The Kier molecular flexibility index (Phi) is 5.70. The highest BCUT2D eigenvalue weighted by Crippen LogP contribution is 2.25. The number of carbonyl (C=O) groups excluding carboxylic acids is 1. The Bertz CT molecular complexity index is 673. The Morgan fingerprint density at radius 3 is 2.67 bits per heavy atom. The molecule has 3 N–H and O–H groups in total. The summed E-state index contributed by atoms with van der Waals surface area (Å²) in [4.78, 5) is 12.0. The van der Waals surface area contributed by atoms with Crippen LogP contribution in [0.1, 0.15) is 38.5 Å². The number of carbonyl (C=O) groups is 1. The van der Waals surface area contributed by atoms with Gasteiger partial charge in [-0.3, -0.25) is 4.79 Å². The van der Waals surface area contributed by atoms with Crippen LogP contribution in [0.3, 0.4) is 0 Å². The maximum absolute atomic E-state index is 12.0. The fraction of sp³-hybridized carbons (Fsp3) is 0.450. The van der Waals surface area contributed by atoms with Crippen LogP contribution < -0.4 is 15.8 Å². The molecule has 1 aliphatic rings. The number of fused-ring (bicyclic) bond motifs is 1. The molecule has 0 saturated heterocycles. The average Bonchev–Trinajstić information content (AvgIpc) is 2.61. The second-order valence-corrected chi connectivity index (χ2v) is 6.61. The number of ether oxygens (including phenoxy) is 1. The van der Waals surface area contributed by atoms with Gasteiger partial charge in [-0.2, -0.15) is 0 Å². The minimum Gasteiger partial charge on any atom is -0.493 e. The molecule has 1 fully saturated rings. The van der Waals surface area contributed by atoms with Gasteiger partial charge in [0.25, 0.3) is 0 Å². The number of hydrogen-bond donors (Lipinski definition) is 2. The van der Waals surface area contributed by atoms with Crippen LogP contribution in [0.5, 0.6) is 5.75 Å². The summed E-state index contributed by atoms with van der Waals surface area (Å²) in [5.74, 6) is 1.01. The first-order valence-corrected chi connectivity index (χ1v) is 8.88. The molecule has 0 spiro atoms. The maximum atomic E-state index is 12.0. The summed E-state index contributed by atoms with van der Waals surface area (Å²) in [5, 5.41) is 5.40. The van der Waals surface area contributed by atoms with Crippen molar-refractivity contribution in [2.24, 2.45) is 5.73 Å². The normalized spacial score (nSPS) is 20.7. The van der Waals surface area contributed by atoms with Crippen molar-refractivity contribution in [2.45, 2.75) is 50.6 Å². The van der Waals surface area contributed by atoms with Crippen molar-refractivity contribution in [1.82, 2.24) is 5.32 Å². The van der Waals surface area contributed by atoms with Gasteiger partial charge in [0.2, 0.25) is 5.91 Å². The smallest absolute Gasteiger partial charge is 0.220 e. The number of amides is 1. The molecule has 0 radical (unpaired) electrons. The van der Waals surface area contributed by atoms with E-state index in [1.165, 1.54) is 5.39 Å². The van der Waals surface area contributed by atoms with Crippen LogP contribution in [-0.2, 0) is 4.79 Å². The fourth-order valence-electron chi connectivity index (χ4n) is 3.30. The van der Waals surface area contributed by atoms with Gasteiger partial charge < -0.3 is 15.8 Å². The van der Waals surface area contributed by atoms with Crippen LogP contribution in [0.25, 0.3) is 10.8 Å². The number of hydrogen-bond acceptors (Lipinski definition) is 3. The van der Waals surface area contributed by atoms with Crippen molar-refractivity contribution in [1.29, 1.82) is 0 Å². The standard InChI is InChI=1S/C20H26N2O2/c21-16-10-12-17(13-11-16)22-20(23)9-4-14-24-19-8-3-6-15-5-1-2-7-18(15)19/h1-3,5-8,16-17H,4,9-14,21H2,(H,22,23). The summed E-state index contributed by atoms with van der Waals surface area (Å²) in [6.45, 7) is 0.553. The Balaban J connectivity index is 1.41. The van der Waals surface area contributed by atoms with Gasteiger partial charge in [0.1, 0.15) is 5.75 Å². The van der Waals surface area contributed by atoms with Crippen LogP contribution in [0.15, 0.2) is 42.5 Å². The highest BCUT2D eigenvalue weighted by atomic mass is 16.5. The molecule has 2 aromatic carbocycles. The van der Waals surface area contributed by atoms with Gasteiger partial charge in [0, 0.05) is 23.9 Å². The minimum atomic E-state index is 0.122. The van der Waals surface area contributed by atoms with Gasteiger partial charge in [0.05, 0.1) is 6.61 Å². The lowest BCUT2D eigenvalue weighted by molar-refractivity contribution is -0.122. The zero-order chi connectivity index (χ0) is 16.8. The van der Waals surface area contributed by atoms with E-state index in [2.05, 4.69) is 23.5 Å². The lowest BCUT2D eigenvalue weighted by Crippen LogP contribution is -2.40. The van der Waals surface area contributed by atoms with E-state index in [1.807, 2.05) is 24.3 Å². The Labute approximate surface area is 143 Å². The van der Waals surface area contributed by atoms with E-state index in [1.54, 1.807) is 0 Å². The summed E-state index contributed by atoms with van der Waals surface area (Å²) in [7, 11) is 0. The van der Waals surface area contributed by atoms with Crippen molar-refractivity contribution >= 4 is 16.7 Å². The van der Waals surface area contributed by atoms with Gasteiger partial charge in [-0.1, -0.05) is 36.4 Å². The molecular formula is C20H26N2O2. The zero-order valence-electron chi connectivity index (χ0n) is 14.0. The van der Waals surface area contributed by atoms with Crippen molar-refractivity contribution in [3.63, 3.8) is 0 Å². The summed E-state index contributed by atoms with van der Waals surface area (Å²) in [6, 6.07) is 14.8. The molecule has 3 rings (SSSR count). The third kappa shape index (κ3) is 4.48. The Morgan fingerprint density at radius 1 is 1.08 bits per heavy atom. The molecular weight excluding hydrogens is 300 g/mol. The molecule has 2 aromatic rings. The van der Waals surface area contributed by atoms with Gasteiger partial charge in [-0.25, -0.2) is 0 Å². The van der Waals surface area contributed by atoms with E-state index in [9.17, 15) is 4.79 Å². The predicted molar refractivity (Wildman–Crippen MR) is 97.1 cm³/mol. The third-order valence-corrected chi connectivity index (χ3v) is 4.69. The largest absolute Gasteiger partial charge is 0.493 e. The van der Waals surface area contributed by atoms with Gasteiger partial charge >= 0.3 is 0 Å². The quantitative estimate of drug-likeness (QED) is 0.800. The molecule has 0 heterocycles. The Morgan fingerprint density at radius 2 is 1.83 bits per heavy atom. The maximum Gasteiger partial charge on any atom is 0.220 e. The molecule has 24 heavy (non-hydrogen) atoms. The molecule has 4 heteroatoms. The zero-order valence-corrected chi connectivity index (χ0v) is 14.0. The van der Waals surface area contributed by atoms with E-state index >= 15 is 0 Å². The molecule has 0 aromatic heterocycles. The lowest BCUT2D eigenvalue weighted by atomic mass is 9.92. The average molecular weight is 326 g/mol. The van der Waals surface area contributed by atoms with E-state index < -0.39 is 0 Å². The molecule has 0 unspecified atom stereocenters. The van der Waals surface area contributed by atoms with E-state index in [0.717, 1.165) is 43.2 Å². The van der Waals surface area contributed by atoms with E-state index in [0.29, 0.717) is 25.1 Å². The van der Waals surface area contributed by atoms with Gasteiger partial charge in [-0.15, -0.1) is 0 Å². The number of nitrogens with one attached hydrogen (secondary N) is 1. The van der Waals surface area contributed by atoms with Crippen molar-refractivity contribution in [2.75, 3.05) is 6.61 Å². The number of benzene rings is 2. The molecule has 128 valence electrons. The Hall–Kier alpha value is -2.07. The first kappa shape index (κ1) is 16.8. The van der Waals surface area contributed by atoms with E-state index in [4.69, 9.17) is 10.5 Å². The molecule has 4 nitrogen and oxygen atoms in total. The van der Waals surface area contributed by atoms with Gasteiger partial charge in [-0.05, 0) is 43.6 Å². The third-order valence-electron chi connectivity index (χ3n) is 4.69. The predicted octanol–water partition coefficient (Wildman–Crippen LogP) is 3.38. The van der Waals surface area contributed by atoms with Crippen LogP contribution in [0.2, 0.25) is 0 Å². The topological polar surface area (TPSA) is 64.3 Å². The van der Waals surface area contributed by atoms with Crippen molar-refractivity contribution < 1.29 is 9.53 Å². The number of nitrogens with two attached hydrogens (primary N) is 1. The SMILES string of the molecule is NC1CCC(NC(=O)CCCOc2cccc3ccccc23)CC1. The molecule has 1 amide bonds. The fourth-order valence-corrected chi connectivity index (χ4v) is 3.30. The molecule has 0 aliphatic heterocycles. The minimum absolute atomic E-state index is 0.122. The van der Waals surface area contributed by atoms with Crippen molar-refractivity contribution in [3.05, 3.63) is 42.5 Å². The van der Waals surface area contributed by atoms with Crippen LogP contribution in [-0.4, -0.2) is 24.6 Å². The summed E-state index contributed by atoms with van der Waals surface area (Å²) >= 11 is 0. The van der Waals surface area contributed by atoms with Crippen LogP contribution in [0, 0.1) is 0 Å². The summed E-state index contributed by atoms with van der Waals surface area (Å²) in [6.07, 6.45) is 5.25. The highest BCUT2D eigenvalue weighted by molar-refractivity contribution is 5.88. The number of rotatable bonds is 6. The van der Waals surface area contributed by atoms with Crippen LogP contribution in [0.4, 0.5) is 0 Å². The first-order valence-electron chi connectivity index (χ1n) is 8.88. The van der Waals surface area contributed by atoms with Crippen molar-refractivity contribution in [3.8, 4) is 5.75 Å². The molecule has 1 aliphatic carbocycles. The molecule has 0 atom stereocenters. The monoisotopic (exact) mass is 326 g/mol. The molecule has 1 saturated carbocycles. The second-order valence-electron chi connectivity index (χ2n) is 6.61. The van der Waals surface area contributed by atoms with Crippen LogP contribution >= 0.6 is 0 Å².